The Labute approximate surface area is 111 Å². The van der Waals surface area contributed by atoms with Gasteiger partial charge in [0.1, 0.15) is 5.69 Å². The lowest BCUT2D eigenvalue weighted by atomic mass is 10.0. The average Bonchev–Trinajstić information content (AvgIpc) is 2.77. The van der Waals surface area contributed by atoms with Gasteiger partial charge in [0.2, 0.25) is 5.78 Å². The molecule has 2 aromatic rings. The summed E-state index contributed by atoms with van der Waals surface area (Å²) in [5.74, 6) is -0.00739. The summed E-state index contributed by atoms with van der Waals surface area (Å²) in [6, 6.07) is 5.84. The van der Waals surface area contributed by atoms with Crippen molar-refractivity contribution in [3.8, 4) is 0 Å². The monoisotopic (exact) mass is 260 g/mol. The second-order valence-corrected chi connectivity index (χ2v) is 5.26. The highest BCUT2D eigenvalue weighted by Crippen LogP contribution is 2.18. The van der Waals surface area contributed by atoms with Gasteiger partial charge < -0.3 is 5.73 Å². The summed E-state index contributed by atoms with van der Waals surface area (Å²) in [4.78, 5) is 16.6. The maximum Gasteiger partial charge on any atom is 0.212 e. The Bertz CT molecular complexity index is 575. The third-order valence-electron chi connectivity index (χ3n) is 2.77. The third kappa shape index (κ3) is 2.66. The van der Waals surface area contributed by atoms with Crippen LogP contribution in [0.4, 0.5) is 0 Å². The van der Waals surface area contributed by atoms with Gasteiger partial charge in [-0.1, -0.05) is 23.8 Å². The number of hydrogen-bond acceptors (Lipinski definition) is 4. The average molecular weight is 260 g/mol. The molecule has 0 atom stereocenters. The third-order valence-corrected chi connectivity index (χ3v) is 3.68. The van der Waals surface area contributed by atoms with E-state index in [1.165, 1.54) is 11.3 Å². The van der Waals surface area contributed by atoms with Crippen molar-refractivity contribution in [2.75, 3.05) is 6.54 Å². The quantitative estimate of drug-likeness (QED) is 0.859. The highest BCUT2D eigenvalue weighted by Gasteiger charge is 2.15. The van der Waals surface area contributed by atoms with Gasteiger partial charge in [0, 0.05) is 17.4 Å². The number of aromatic nitrogens is 1. The number of ketones is 1. The van der Waals surface area contributed by atoms with E-state index in [2.05, 4.69) is 4.98 Å². The molecule has 1 aromatic carbocycles. The van der Waals surface area contributed by atoms with Crippen LogP contribution in [0, 0.1) is 13.8 Å². The van der Waals surface area contributed by atoms with Crippen molar-refractivity contribution < 1.29 is 4.79 Å². The van der Waals surface area contributed by atoms with E-state index < -0.39 is 0 Å². The van der Waals surface area contributed by atoms with E-state index in [9.17, 15) is 4.79 Å². The van der Waals surface area contributed by atoms with Gasteiger partial charge in [-0.2, -0.15) is 0 Å². The first-order valence-electron chi connectivity index (χ1n) is 5.88. The first-order chi connectivity index (χ1) is 8.61. The normalized spacial score (nSPS) is 10.6. The predicted octanol–water partition coefficient (Wildman–Crippen LogP) is 2.49. The smallest absolute Gasteiger partial charge is 0.212 e. The van der Waals surface area contributed by atoms with Gasteiger partial charge in [0.15, 0.2) is 0 Å². The summed E-state index contributed by atoms with van der Waals surface area (Å²) in [5, 5.41) is 2.73. The standard InChI is InChI=1S/C14H16N2OS/c1-9-3-4-11(10(2)7-9)14(17)12-8-18-13(16-12)5-6-15/h3-4,7-8H,5-6,15H2,1-2H3. The van der Waals surface area contributed by atoms with Crippen molar-refractivity contribution in [2.45, 2.75) is 20.3 Å². The summed E-state index contributed by atoms with van der Waals surface area (Å²) >= 11 is 1.49. The van der Waals surface area contributed by atoms with E-state index in [1.54, 1.807) is 0 Å². The topological polar surface area (TPSA) is 56.0 Å². The Morgan fingerprint density at radius 1 is 1.39 bits per heavy atom. The maximum absolute atomic E-state index is 12.3. The molecular weight excluding hydrogens is 244 g/mol. The number of carbonyl (C=O) groups excluding carboxylic acids is 1. The molecule has 1 heterocycles. The van der Waals surface area contributed by atoms with Gasteiger partial charge in [0.05, 0.1) is 5.01 Å². The van der Waals surface area contributed by atoms with Crippen LogP contribution in [0.25, 0.3) is 0 Å². The summed E-state index contributed by atoms with van der Waals surface area (Å²) in [6.45, 7) is 4.53. The van der Waals surface area contributed by atoms with E-state index in [-0.39, 0.29) is 5.78 Å². The lowest BCUT2D eigenvalue weighted by Gasteiger charge is -2.03. The zero-order chi connectivity index (χ0) is 13.1. The molecule has 0 unspecified atom stereocenters. The van der Waals surface area contributed by atoms with E-state index >= 15 is 0 Å². The SMILES string of the molecule is Cc1ccc(C(=O)c2csc(CCN)n2)c(C)c1. The molecule has 0 bridgehead atoms. The molecular formula is C14H16N2OS. The fourth-order valence-corrected chi connectivity index (χ4v) is 2.65. The van der Waals surface area contributed by atoms with Crippen molar-refractivity contribution in [3.05, 3.63) is 51.0 Å². The number of aryl methyl sites for hydroxylation is 2. The van der Waals surface area contributed by atoms with Crippen LogP contribution in [-0.4, -0.2) is 17.3 Å². The van der Waals surface area contributed by atoms with Crippen LogP contribution in [0.15, 0.2) is 23.6 Å². The lowest BCUT2D eigenvalue weighted by Crippen LogP contribution is -2.06. The molecule has 0 radical (unpaired) electrons. The summed E-state index contributed by atoms with van der Waals surface area (Å²) < 4.78 is 0. The molecule has 18 heavy (non-hydrogen) atoms. The summed E-state index contributed by atoms with van der Waals surface area (Å²) in [7, 11) is 0. The molecule has 3 nitrogen and oxygen atoms in total. The van der Waals surface area contributed by atoms with Crippen molar-refractivity contribution in [1.29, 1.82) is 0 Å². The summed E-state index contributed by atoms with van der Waals surface area (Å²) in [6.07, 6.45) is 0.727. The van der Waals surface area contributed by atoms with E-state index in [0.717, 1.165) is 28.1 Å². The van der Waals surface area contributed by atoms with E-state index in [0.29, 0.717) is 12.2 Å². The molecule has 0 saturated heterocycles. The van der Waals surface area contributed by atoms with Gasteiger partial charge in [-0.3, -0.25) is 4.79 Å². The minimum absolute atomic E-state index is 0.00739. The molecule has 0 spiro atoms. The molecule has 1 aromatic heterocycles. The molecule has 0 aliphatic rings. The summed E-state index contributed by atoms with van der Waals surface area (Å²) in [5.41, 5.74) is 8.88. The minimum atomic E-state index is -0.00739. The van der Waals surface area contributed by atoms with Gasteiger partial charge in [-0.05, 0) is 26.0 Å². The zero-order valence-electron chi connectivity index (χ0n) is 10.6. The van der Waals surface area contributed by atoms with Crippen LogP contribution >= 0.6 is 11.3 Å². The minimum Gasteiger partial charge on any atom is -0.330 e. The van der Waals surface area contributed by atoms with E-state index in [1.807, 2.05) is 37.4 Å². The van der Waals surface area contributed by atoms with Gasteiger partial charge in [0.25, 0.3) is 0 Å². The lowest BCUT2D eigenvalue weighted by molar-refractivity contribution is 0.103. The predicted molar refractivity (Wildman–Crippen MR) is 74.2 cm³/mol. The molecule has 4 heteroatoms. The number of carbonyl (C=O) groups is 1. The van der Waals surface area contributed by atoms with Crippen molar-refractivity contribution in [2.24, 2.45) is 5.73 Å². The van der Waals surface area contributed by atoms with Crippen molar-refractivity contribution in [3.63, 3.8) is 0 Å². The Morgan fingerprint density at radius 2 is 2.17 bits per heavy atom. The highest BCUT2D eigenvalue weighted by molar-refractivity contribution is 7.09. The van der Waals surface area contributed by atoms with Gasteiger partial charge in [-0.15, -0.1) is 11.3 Å². The Morgan fingerprint density at radius 3 is 2.83 bits per heavy atom. The van der Waals surface area contributed by atoms with Crippen molar-refractivity contribution in [1.82, 2.24) is 4.98 Å². The molecule has 2 rings (SSSR count). The van der Waals surface area contributed by atoms with Crippen LogP contribution < -0.4 is 5.73 Å². The Balaban J connectivity index is 2.29. The fourth-order valence-electron chi connectivity index (χ4n) is 1.86. The number of benzene rings is 1. The molecule has 0 fully saturated rings. The van der Waals surface area contributed by atoms with Crippen LogP contribution in [-0.2, 0) is 6.42 Å². The van der Waals surface area contributed by atoms with Crippen LogP contribution in [0.1, 0.15) is 32.2 Å². The van der Waals surface area contributed by atoms with Crippen LogP contribution in [0.2, 0.25) is 0 Å². The molecule has 0 saturated carbocycles. The highest BCUT2D eigenvalue weighted by atomic mass is 32.1. The largest absolute Gasteiger partial charge is 0.330 e. The number of nitrogens with two attached hydrogens (primary N) is 1. The fraction of sp³-hybridized carbons (Fsp3) is 0.286. The van der Waals surface area contributed by atoms with Crippen LogP contribution in [0.5, 0.6) is 0 Å². The van der Waals surface area contributed by atoms with Crippen molar-refractivity contribution >= 4 is 17.1 Å². The van der Waals surface area contributed by atoms with Gasteiger partial charge >= 0.3 is 0 Å². The number of nitrogens with zero attached hydrogens (tertiary/aromatic N) is 1. The Hall–Kier alpha value is -1.52. The molecule has 0 aliphatic carbocycles. The number of thiazole rings is 1. The maximum atomic E-state index is 12.3. The Kier molecular flexibility index (Phi) is 3.89. The first kappa shape index (κ1) is 12.9. The number of hydrogen-bond donors (Lipinski definition) is 1. The zero-order valence-corrected chi connectivity index (χ0v) is 11.4. The van der Waals surface area contributed by atoms with Crippen LogP contribution in [0.3, 0.4) is 0 Å². The second-order valence-electron chi connectivity index (χ2n) is 4.31. The number of rotatable bonds is 4. The molecule has 0 aliphatic heterocycles. The van der Waals surface area contributed by atoms with E-state index in [4.69, 9.17) is 5.73 Å². The first-order valence-corrected chi connectivity index (χ1v) is 6.76. The molecule has 2 N–H and O–H groups in total. The molecule has 94 valence electrons. The molecule has 0 amide bonds. The van der Waals surface area contributed by atoms with Gasteiger partial charge in [-0.25, -0.2) is 4.98 Å². The second kappa shape index (κ2) is 5.42.